The minimum absolute atomic E-state index is 0.161. The highest BCUT2D eigenvalue weighted by atomic mass is 19.1. The summed E-state index contributed by atoms with van der Waals surface area (Å²) in [7, 11) is 0. The van der Waals surface area contributed by atoms with Crippen LogP contribution in [-0.2, 0) is 13.1 Å². The van der Waals surface area contributed by atoms with E-state index in [1.54, 1.807) is 18.3 Å². The third-order valence-electron chi connectivity index (χ3n) is 2.62. The van der Waals surface area contributed by atoms with E-state index < -0.39 is 0 Å². The molecular weight excluding hydrogens is 217 g/mol. The van der Waals surface area contributed by atoms with Crippen LogP contribution in [-0.4, -0.2) is 15.8 Å². The first kappa shape index (κ1) is 11.8. The molecule has 0 unspecified atom stereocenters. The summed E-state index contributed by atoms with van der Waals surface area (Å²) in [4.78, 5) is 0. The van der Waals surface area contributed by atoms with Crippen LogP contribution < -0.4 is 5.32 Å². The van der Waals surface area contributed by atoms with E-state index >= 15 is 0 Å². The van der Waals surface area contributed by atoms with E-state index in [2.05, 4.69) is 17.3 Å². The first-order chi connectivity index (χ1) is 8.25. The van der Waals surface area contributed by atoms with Crippen LogP contribution in [0.4, 0.5) is 4.39 Å². The summed E-state index contributed by atoms with van der Waals surface area (Å²) in [5.41, 5.74) is 0.694. The Bertz CT molecular complexity index is 453. The molecule has 90 valence electrons. The van der Waals surface area contributed by atoms with Crippen LogP contribution in [0.15, 0.2) is 42.7 Å². The van der Waals surface area contributed by atoms with Crippen molar-refractivity contribution >= 4 is 0 Å². The van der Waals surface area contributed by atoms with E-state index in [0.717, 1.165) is 6.54 Å². The monoisotopic (exact) mass is 233 g/mol. The van der Waals surface area contributed by atoms with Crippen molar-refractivity contribution in [1.82, 2.24) is 15.1 Å². The summed E-state index contributed by atoms with van der Waals surface area (Å²) >= 11 is 0. The molecule has 17 heavy (non-hydrogen) atoms. The maximum absolute atomic E-state index is 13.4. The zero-order valence-electron chi connectivity index (χ0n) is 9.81. The summed E-state index contributed by atoms with van der Waals surface area (Å²) in [5, 5.41) is 7.41. The van der Waals surface area contributed by atoms with Gasteiger partial charge in [0.25, 0.3) is 0 Å². The van der Waals surface area contributed by atoms with Crippen molar-refractivity contribution < 1.29 is 4.39 Å². The zero-order valence-corrected chi connectivity index (χ0v) is 9.81. The van der Waals surface area contributed by atoms with E-state index in [4.69, 9.17) is 0 Å². The Morgan fingerprint density at radius 2 is 2.18 bits per heavy atom. The molecule has 0 aliphatic carbocycles. The molecule has 1 atom stereocenters. The van der Waals surface area contributed by atoms with Crippen LogP contribution in [0, 0.1) is 5.82 Å². The number of halogens is 1. The maximum atomic E-state index is 13.4. The molecule has 0 saturated heterocycles. The van der Waals surface area contributed by atoms with Crippen molar-refractivity contribution in [2.24, 2.45) is 0 Å². The number of aromatic nitrogens is 2. The summed E-state index contributed by atoms with van der Waals surface area (Å²) in [6, 6.07) is 8.96. The molecule has 1 N–H and O–H groups in total. The molecule has 0 bridgehead atoms. The van der Waals surface area contributed by atoms with Gasteiger partial charge in [0, 0.05) is 30.5 Å². The summed E-state index contributed by atoms with van der Waals surface area (Å²) < 4.78 is 15.2. The fraction of sp³-hybridized carbons (Fsp3) is 0.308. The molecule has 0 aliphatic rings. The van der Waals surface area contributed by atoms with Crippen LogP contribution in [0.1, 0.15) is 12.5 Å². The lowest BCUT2D eigenvalue weighted by Gasteiger charge is -2.14. The highest BCUT2D eigenvalue weighted by molar-refractivity contribution is 5.16. The second-order valence-corrected chi connectivity index (χ2v) is 4.10. The Morgan fingerprint density at radius 1 is 1.35 bits per heavy atom. The van der Waals surface area contributed by atoms with Gasteiger partial charge in [0.15, 0.2) is 0 Å². The topological polar surface area (TPSA) is 29.9 Å². The normalized spacial score (nSPS) is 12.6. The highest BCUT2D eigenvalue weighted by Crippen LogP contribution is 2.06. The van der Waals surface area contributed by atoms with Gasteiger partial charge < -0.3 is 5.32 Å². The van der Waals surface area contributed by atoms with Gasteiger partial charge in [0.05, 0.1) is 6.54 Å². The first-order valence-corrected chi connectivity index (χ1v) is 5.70. The van der Waals surface area contributed by atoms with E-state index in [9.17, 15) is 4.39 Å². The predicted octanol–water partition coefficient (Wildman–Crippen LogP) is 2.20. The van der Waals surface area contributed by atoms with Crippen LogP contribution >= 0.6 is 0 Å². The molecule has 0 spiro atoms. The molecule has 1 heterocycles. The van der Waals surface area contributed by atoms with Crippen LogP contribution in [0.2, 0.25) is 0 Å². The Hall–Kier alpha value is -1.68. The average Bonchev–Trinajstić information content (AvgIpc) is 2.81. The summed E-state index contributed by atoms with van der Waals surface area (Å²) in [6.07, 6.45) is 3.67. The molecule has 0 amide bonds. The van der Waals surface area contributed by atoms with Crippen LogP contribution in [0.25, 0.3) is 0 Å². The first-order valence-electron chi connectivity index (χ1n) is 5.70. The number of hydrogen-bond donors (Lipinski definition) is 1. The largest absolute Gasteiger partial charge is 0.308 e. The van der Waals surface area contributed by atoms with Crippen molar-refractivity contribution in [2.75, 3.05) is 0 Å². The average molecular weight is 233 g/mol. The van der Waals surface area contributed by atoms with Crippen molar-refractivity contribution in [3.63, 3.8) is 0 Å². The molecule has 0 radical (unpaired) electrons. The minimum Gasteiger partial charge on any atom is -0.308 e. The Kier molecular flexibility index (Phi) is 3.88. The fourth-order valence-electron chi connectivity index (χ4n) is 1.68. The second kappa shape index (κ2) is 5.59. The lowest BCUT2D eigenvalue weighted by atomic mass is 10.2. The Labute approximate surface area is 100 Å². The molecule has 0 aliphatic heterocycles. The Balaban J connectivity index is 1.84. The van der Waals surface area contributed by atoms with Crippen LogP contribution in [0.5, 0.6) is 0 Å². The molecule has 2 rings (SSSR count). The lowest BCUT2D eigenvalue weighted by Crippen LogP contribution is -2.30. The number of benzene rings is 1. The van der Waals surface area contributed by atoms with Gasteiger partial charge in [-0.25, -0.2) is 4.39 Å². The van der Waals surface area contributed by atoms with Crippen molar-refractivity contribution in [2.45, 2.75) is 26.1 Å². The van der Waals surface area contributed by atoms with Crippen molar-refractivity contribution in [3.8, 4) is 0 Å². The number of nitrogens with zero attached hydrogens (tertiary/aromatic N) is 2. The van der Waals surface area contributed by atoms with Gasteiger partial charge in [-0.05, 0) is 19.1 Å². The standard InChI is InChI=1S/C13H16FN3/c1-11(10-17-8-4-7-16-17)15-9-12-5-2-3-6-13(12)14/h2-8,11,15H,9-10H2,1H3/t11-/m0/s1. The highest BCUT2D eigenvalue weighted by Gasteiger charge is 2.05. The molecule has 1 aromatic heterocycles. The number of rotatable bonds is 5. The molecule has 4 heteroatoms. The van der Waals surface area contributed by atoms with Crippen LogP contribution in [0.3, 0.4) is 0 Å². The number of nitrogens with one attached hydrogen (secondary N) is 1. The molecule has 3 nitrogen and oxygen atoms in total. The molecule has 1 aromatic carbocycles. The van der Waals surface area contributed by atoms with Gasteiger partial charge in [-0.1, -0.05) is 18.2 Å². The smallest absolute Gasteiger partial charge is 0.127 e. The molecule has 2 aromatic rings. The van der Waals surface area contributed by atoms with E-state index in [-0.39, 0.29) is 11.9 Å². The zero-order chi connectivity index (χ0) is 12.1. The molecular formula is C13H16FN3. The summed E-state index contributed by atoms with van der Waals surface area (Å²) in [5.74, 6) is -0.161. The second-order valence-electron chi connectivity index (χ2n) is 4.10. The lowest BCUT2D eigenvalue weighted by molar-refractivity contribution is 0.445. The van der Waals surface area contributed by atoms with Gasteiger partial charge in [-0.15, -0.1) is 0 Å². The Morgan fingerprint density at radius 3 is 2.88 bits per heavy atom. The summed E-state index contributed by atoms with van der Waals surface area (Å²) in [6.45, 7) is 3.37. The van der Waals surface area contributed by atoms with E-state index in [0.29, 0.717) is 12.1 Å². The van der Waals surface area contributed by atoms with Gasteiger partial charge >= 0.3 is 0 Å². The quantitative estimate of drug-likeness (QED) is 0.858. The van der Waals surface area contributed by atoms with Gasteiger partial charge in [0.1, 0.15) is 5.82 Å². The third kappa shape index (κ3) is 3.39. The fourth-order valence-corrected chi connectivity index (χ4v) is 1.68. The molecule has 0 saturated carbocycles. The van der Waals surface area contributed by atoms with E-state index in [1.807, 2.05) is 23.0 Å². The minimum atomic E-state index is -0.161. The predicted molar refractivity (Wildman–Crippen MR) is 64.9 cm³/mol. The third-order valence-corrected chi connectivity index (χ3v) is 2.62. The van der Waals surface area contributed by atoms with E-state index in [1.165, 1.54) is 6.07 Å². The van der Waals surface area contributed by atoms with Gasteiger partial charge in [-0.3, -0.25) is 4.68 Å². The van der Waals surface area contributed by atoms with Crippen molar-refractivity contribution in [1.29, 1.82) is 0 Å². The molecule has 0 fully saturated rings. The van der Waals surface area contributed by atoms with Crippen molar-refractivity contribution in [3.05, 3.63) is 54.1 Å². The SMILES string of the molecule is C[C@@H](Cn1cccn1)NCc1ccccc1F. The number of hydrogen-bond acceptors (Lipinski definition) is 2. The van der Waals surface area contributed by atoms with Gasteiger partial charge in [-0.2, -0.15) is 5.10 Å². The maximum Gasteiger partial charge on any atom is 0.127 e. The van der Waals surface area contributed by atoms with Gasteiger partial charge in [0.2, 0.25) is 0 Å².